The van der Waals surface area contributed by atoms with Crippen molar-refractivity contribution in [3.05, 3.63) is 29.3 Å². The van der Waals surface area contributed by atoms with Crippen LogP contribution in [-0.4, -0.2) is 53.2 Å². The summed E-state index contributed by atoms with van der Waals surface area (Å²) in [5.41, 5.74) is 0.825. The number of hydrogen-bond donors (Lipinski definition) is 2. The minimum Gasteiger partial charge on any atom is -0.385 e. The number of rotatable bonds is 10. The van der Waals surface area contributed by atoms with Crippen LogP contribution < -0.4 is 10.6 Å². The van der Waals surface area contributed by atoms with Crippen LogP contribution in [0.3, 0.4) is 0 Å². The molecule has 0 bridgehead atoms. The maximum absolute atomic E-state index is 11.6. The summed E-state index contributed by atoms with van der Waals surface area (Å²) >= 11 is 7.84. The number of urea groups is 1. The van der Waals surface area contributed by atoms with Crippen LogP contribution in [0, 0.1) is 0 Å². The maximum Gasteiger partial charge on any atom is 0.321 e. The van der Waals surface area contributed by atoms with Gasteiger partial charge in [-0.05, 0) is 25.0 Å². The first-order valence-electron chi connectivity index (χ1n) is 8.88. The number of halogens is 1. The molecule has 0 aliphatic rings. The van der Waals surface area contributed by atoms with E-state index in [0.717, 1.165) is 17.1 Å². The number of hydrogen-bond acceptors (Lipinski definition) is 6. The highest BCUT2D eigenvalue weighted by Gasteiger charge is 2.16. The highest BCUT2D eigenvalue weighted by Crippen LogP contribution is 2.29. The van der Waals surface area contributed by atoms with E-state index < -0.39 is 6.03 Å². The molecular formula is C18H24ClN5O3S. The number of nitrogens with one attached hydrogen (secondary N) is 2. The fourth-order valence-electron chi connectivity index (χ4n) is 2.45. The average Bonchev–Trinajstić information content (AvgIpc) is 3.08. The molecule has 0 spiro atoms. The summed E-state index contributed by atoms with van der Waals surface area (Å²) in [5, 5.41) is 14.6. The van der Waals surface area contributed by atoms with E-state index in [0.29, 0.717) is 36.2 Å². The summed E-state index contributed by atoms with van der Waals surface area (Å²) in [7, 11) is 3.13. The molecule has 28 heavy (non-hydrogen) atoms. The molecule has 1 aromatic heterocycles. The third-order valence-corrected chi connectivity index (χ3v) is 5.20. The molecule has 1 aromatic carbocycles. The van der Waals surface area contributed by atoms with Crippen molar-refractivity contribution in [1.29, 1.82) is 0 Å². The van der Waals surface area contributed by atoms with Crippen LogP contribution in [0.5, 0.6) is 0 Å². The van der Waals surface area contributed by atoms with Crippen LogP contribution in [0.1, 0.15) is 19.3 Å². The van der Waals surface area contributed by atoms with Gasteiger partial charge in [-0.3, -0.25) is 10.1 Å². The zero-order chi connectivity index (χ0) is 20.4. The molecule has 2 rings (SSSR count). The third-order valence-electron chi connectivity index (χ3n) is 3.82. The number of ether oxygens (including phenoxy) is 1. The third kappa shape index (κ3) is 6.50. The van der Waals surface area contributed by atoms with Gasteiger partial charge in [-0.25, -0.2) is 4.79 Å². The summed E-state index contributed by atoms with van der Waals surface area (Å²) in [6.45, 7) is 1.32. The van der Waals surface area contributed by atoms with Gasteiger partial charge in [0.25, 0.3) is 0 Å². The van der Waals surface area contributed by atoms with Crippen molar-refractivity contribution >= 4 is 35.3 Å². The maximum atomic E-state index is 11.6. The van der Waals surface area contributed by atoms with Crippen LogP contribution >= 0.6 is 23.4 Å². The van der Waals surface area contributed by atoms with Crippen LogP contribution in [0.25, 0.3) is 11.4 Å². The standard InChI is InChI=1S/C18H24ClN5O3S/c1-20-17(26)21-15(25)9-5-12-28-18-23-22-16(24(18)10-6-11-27-2)13-7-3-4-8-14(13)19/h3-4,7-8H,5-6,9-12H2,1-2H3,(H2,20,21,25,26). The minimum atomic E-state index is -0.500. The lowest BCUT2D eigenvalue weighted by Gasteiger charge is -2.11. The molecular weight excluding hydrogens is 402 g/mol. The summed E-state index contributed by atoms with van der Waals surface area (Å²) in [4.78, 5) is 22.8. The summed E-state index contributed by atoms with van der Waals surface area (Å²) in [6, 6.07) is 7.02. The van der Waals surface area contributed by atoms with E-state index in [9.17, 15) is 9.59 Å². The van der Waals surface area contributed by atoms with Crippen molar-refractivity contribution in [3.63, 3.8) is 0 Å². The number of aromatic nitrogens is 3. The fourth-order valence-corrected chi connectivity index (χ4v) is 3.58. The average molecular weight is 426 g/mol. The lowest BCUT2D eigenvalue weighted by atomic mass is 10.2. The molecule has 1 heterocycles. The number of nitrogens with zero attached hydrogens (tertiary/aromatic N) is 3. The van der Waals surface area contributed by atoms with Gasteiger partial charge in [0.1, 0.15) is 0 Å². The Morgan fingerprint density at radius 2 is 2.04 bits per heavy atom. The van der Waals surface area contributed by atoms with Gasteiger partial charge in [-0.15, -0.1) is 10.2 Å². The van der Waals surface area contributed by atoms with Gasteiger partial charge in [-0.2, -0.15) is 0 Å². The summed E-state index contributed by atoms with van der Waals surface area (Å²) in [5.74, 6) is 1.08. The van der Waals surface area contributed by atoms with E-state index >= 15 is 0 Å². The molecule has 10 heteroatoms. The van der Waals surface area contributed by atoms with Crippen molar-refractivity contribution in [2.24, 2.45) is 0 Å². The highest BCUT2D eigenvalue weighted by molar-refractivity contribution is 7.99. The second-order valence-electron chi connectivity index (χ2n) is 5.86. The molecule has 0 aliphatic carbocycles. The van der Waals surface area contributed by atoms with E-state index in [1.165, 1.54) is 18.8 Å². The lowest BCUT2D eigenvalue weighted by molar-refractivity contribution is -0.120. The summed E-state index contributed by atoms with van der Waals surface area (Å²) in [6.07, 6.45) is 1.68. The highest BCUT2D eigenvalue weighted by atomic mass is 35.5. The summed E-state index contributed by atoms with van der Waals surface area (Å²) < 4.78 is 7.17. The Morgan fingerprint density at radius 3 is 2.75 bits per heavy atom. The Bertz CT molecular complexity index is 799. The van der Waals surface area contributed by atoms with Crippen molar-refractivity contribution in [3.8, 4) is 11.4 Å². The van der Waals surface area contributed by atoms with Crippen molar-refractivity contribution < 1.29 is 14.3 Å². The van der Waals surface area contributed by atoms with Gasteiger partial charge in [0.05, 0.1) is 5.02 Å². The Balaban J connectivity index is 2.02. The molecule has 0 atom stereocenters. The second kappa shape index (κ2) is 11.7. The van der Waals surface area contributed by atoms with Gasteiger partial charge < -0.3 is 14.6 Å². The Kier molecular flexibility index (Phi) is 9.26. The van der Waals surface area contributed by atoms with Crippen LogP contribution in [0.2, 0.25) is 5.02 Å². The van der Waals surface area contributed by atoms with Gasteiger partial charge in [0.15, 0.2) is 11.0 Å². The minimum absolute atomic E-state index is 0.260. The zero-order valence-corrected chi connectivity index (χ0v) is 17.5. The molecule has 0 aliphatic heterocycles. The fraction of sp³-hybridized carbons (Fsp3) is 0.444. The van der Waals surface area contributed by atoms with E-state index in [-0.39, 0.29) is 12.3 Å². The smallest absolute Gasteiger partial charge is 0.321 e. The van der Waals surface area contributed by atoms with Gasteiger partial charge in [-0.1, -0.05) is 35.5 Å². The number of carbonyl (C=O) groups is 2. The number of imide groups is 1. The quantitative estimate of drug-likeness (QED) is 0.448. The molecule has 0 saturated heterocycles. The van der Waals surface area contributed by atoms with Gasteiger partial charge >= 0.3 is 6.03 Å². The van der Waals surface area contributed by atoms with Crippen molar-refractivity contribution in [1.82, 2.24) is 25.4 Å². The van der Waals surface area contributed by atoms with Crippen molar-refractivity contribution in [2.45, 2.75) is 31.0 Å². The van der Waals surface area contributed by atoms with Gasteiger partial charge in [0.2, 0.25) is 5.91 Å². The Labute approximate surface area is 173 Å². The molecule has 0 unspecified atom stereocenters. The normalized spacial score (nSPS) is 10.7. The first-order chi connectivity index (χ1) is 13.6. The first-order valence-corrected chi connectivity index (χ1v) is 10.2. The predicted octanol–water partition coefficient (Wildman–Crippen LogP) is 2.96. The van der Waals surface area contributed by atoms with Crippen LogP contribution in [0.4, 0.5) is 4.79 Å². The van der Waals surface area contributed by atoms with E-state index in [2.05, 4.69) is 20.8 Å². The SMILES string of the molecule is CNC(=O)NC(=O)CCCSc1nnc(-c2ccccc2Cl)n1CCCOC. The number of benzene rings is 1. The van der Waals surface area contributed by atoms with Gasteiger partial charge in [0, 0.05) is 45.0 Å². The number of methoxy groups -OCH3 is 1. The number of carbonyl (C=O) groups excluding carboxylic acids is 2. The largest absolute Gasteiger partial charge is 0.385 e. The van der Waals surface area contributed by atoms with E-state index in [4.69, 9.17) is 16.3 Å². The Morgan fingerprint density at radius 1 is 1.25 bits per heavy atom. The molecule has 2 aromatic rings. The first kappa shape index (κ1) is 22.2. The molecule has 0 fully saturated rings. The van der Waals surface area contributed by atoms with E-state index in [1.54, 1.807) is 7.11 Å². The topological polar surface area (TPSA) is 98.1 Å². The molecule has 152 valence electrons. The van der Waals surface area contributed by atoms with E-state index in [1.807, 2.05) is 28.8 Å². The van der Waals surface area contributed by atoms with Crippen LogP contribution in [0.15, 0.2) is 29.4 Å². The monoisotopic (exact) mass is 425 g/mol. The molecule has 2 N–H and O–H groups in total. The van der Waals surface area contributed by atoms with Crippen LogP contribution in [-0.2, 0) is 16.1 Å². The predicted molar refractivity (Wildman–Crippen MR) is 110 cm³/mol. The molecule has 0 radical (unpaired) electrons. The number of thioether (sulfide) groups is 1. The molecule has 8 nitrogen and oxygen atoms in total. The van der Waals surface area contributed by atoms with Crippen molar-refractivity contribution in [2.75, 3.05) is 26.5 Å². The number of amides is 3. The zero-order valence-electron chi connectivity index (χ0n) is 15.9. The second-order valence-corrected chi connectivity index (χ2v) is 7.33. The molecule has 3 amide bonds. The lowest BCUT2D eigenvalue weighted by Crippen LogP contribution is -2.37. The molecule has 0 saturated carbocycles. The Hall–Kier alpha value is -2.10.